The summed E-state index contributed by atoms with van der Waals surface area (Å²) in [5.74, 6) is -3.26. The van der Waals surface area contributed by atoms with Gasteiger partial charge in [-0.2, -0.15) is 10.5 Å². The van der Waals surface area contributed by atoms with Crippen LogP contribution in [0.15, 0.2) is 35.5 Å². The standard InChI is InChI=1S/C19H17ClN4O3/c1-3-27-18(26)15-13(11-6-4-5-7-12(11)20)14-16(10(8-21)9-22)23-19(15,2)24-17(14)25/h4-7,13-15,23H,3H2,1-2H3,(H,24,25)/t13-,14+,15+,19+/m0/s1. The third-order valence-corrected chi connectivity index (χ3v) is 5.35. The molecule has 0 unspecified atom stereocenters. The zero-order valence-corrected chi connectivity index (χ0v) is 15.5. The molecule has 0 saturated carbocycles. The van der Waals surface area contributed by atoms with Crippen molar-refractivity contribution in [1.82, 2.24) is 10.6 Å². The highest BCUT2D eigenvalue weighted by molar-refractivity contribution is 6.31. The van der Waals surface area contributed by atoms with Crippen LogP contribution in [0.1, 0.15) is 25.3 Å². The number of nitriles is 2. The predicted molar refractivity (Wildman–Crippen MR) is 95.7 cm³/mol. The zero-order valence-electron chi connectivity index (χ0n) is 14.7. The summed E-state index contributed by atoms with van der Waals surface area (Å²) in [5.41, 5.74) is -0.620. The van der Waals surface area contributed by atoms with Crippen molar-refractivity contribution in [2.75, 3.05) is 6.61 Å². The number of nitrogens with one attached hydrogen (secondary N) is 2. The normalized spacial score (nSPS) is 28.4. The van der Waals surface area contributed by atoms with Crippen molar-refractivity contribution < 1.29 is 14.3 Å². The molecule has 0 spiro atoms. The molecule has 1 aromatic carbocycles. The molecule has 3 saturated heterocycles. The van der Waals surface area contributed by atoms with Crippen LogP contribution in [0.25, 0.3) is 0 Å². The maximum absolute atomic E-state index is 12.8. The van der Waals surface area contributed by atoms with Crippen molar-refractivity contribution >= 4 is 23.5 Å². The number of halogens is 1. The number of ether oxygens (including phenoxy) is 1. The fourth-order valence-electron chi connectivity index (χ4n) is 3.99. The Morgan fingerprint density at radius 2 is 1.96 bits per heavy atom. The molecule has 2 N–H and O–H groups in total. The number of rotatable bonds is 3. The van der Waals surface area contributed by atoms with Crippen molar-refractivity contribution in [3.05, 3.63) is 46.1 Å². The molecule has 4 rings (SSSR count). The second-order valence-corrected chi connectivity index (χ2v) is 6.99. The molecule has 0 aliphatic carbocycles. The second kappa shape index (κ2) is 6.94. The third kappa shape index (κ3) is 2.90. The molecule has 3 aliphatic heterocycles. The van der Waals surface area contributed by atoms with Gasteiger partial charge in [-0.05, 0) is 25.5 Å². The Balaban J connectivity index is 2.27. The van der Waals surface area contributed by atoms with E-state index in [2.05, 4.69) is 10.6 Å². The fraction of sp³-hybridized carbons (Fsp3) is 0.368. The van der Waals surface area contributed by atoms with E-state index >= 15 is 0 Å². The van der Waals surface area contributed by atoms with Crippen molar-refractivity contribution in [3.8, 4) is 12.1 Å². The Morgan fingerprint density at radius 1 is 1.30 bits per heavy atom. The topological polar surface area (TPSA) is 115 Å². The minimum absolute atomic E-state index is 0.184. The first-order chi connectivity index (χ1) is 12.9. The number of nitrogens with zero attached hydrogens (tertiary/aromatic N) is 2. The molecule has 0 radical (unpaired) electrons. The van der Waals surface area contributed by atoms with Crippen molar-refractivity contribution in [2.45, 2.75) is 25.4 Å². The van der Waals surface area contributed by atoms with Gasteiger partial charge in [0.15, 0.2) is 0 Å². The third-order valence-electron chi connectivity index (χ3n) is 5.01. The number of carbonyl (C=O) groups is 2. The lowest BCUT2D eigenvalue weighted by molar-refractivity contribution is -0.160. The Kier molecular flexibility index (Phi) is 4.82. The first kappa shape index (κ1) is 18.8. The average Bonchev–Trinajstić information content (AvgIpc) is 2.62. The smallest absolute Gasteiger partial charge is 0.313 e. The number of benzene rings is 1. The van der Waals surface area contributed by atoms with Gasteiger partial charge in [-0.15, -0.1) is 0 Å². The minimum atomic E-state index is -1.23. The number of piperidine rings is 2. The molecular formula is C19H17ClN4O3. The van der Waals surface area contributed by atoms with Gasteiger partial charge in [-0.1, -0.05) is 29.8 Å². The first-order valence-corrected chi connectivity index (χ1v) is 8.81. The van der Waals surface area contributed by atoms with Crippen molar-refractivity contribution in [3.63, 3.8) is 0 Å². The quantitative estimate of drug-likeness (QED) is 0.608. The largest absolute Gasteiger partial charge is 0.466 e. The zero-order chi connectivity index (χ0) is 19.8. The van der Waals surface area contributed by atoms with Crippen LogP contribution in [0.2, 0.25) is 5.02 Å². The minimum Gasteiger partial charge on any atom is -0.466 e. The molecule has 4 atom stereocenters. The van der Waals surface area contributed by atoms with Gasteiger partial charge < -0.3 is 15.4 Å². The van der Waals surface area contributed by atoms with Gasteiger partial charge in [0.25, 0.3) is 0 Å². The van der Waals surface area contributed by atoms with Crippen molar-refractivity contribution in [1.29, 1.82) is 10.5 Å². The molecule has 138 valence electrons. The number of hydrogen-bond donors (Lipinski definition) is 2. The van der Waals surface area contributed by atoms with E-state index < -0.39 is 29.4 Å². The molecule has 7 nitrogen and oxygen atoms in total. The van der Waals surface area contributed by atoms with Gasteiger partial charge in [0, 0.05) is 10.9 Å². The summed E-state index contributed by atoms with van der Waals surface area (Å²) in [5, 5.41) is 24.9. The predicted octanol–water partition coefficient (Wildman–Crippen LogP) is 1.97. The van der Waals surface area contributed by atoms with Gasteiger partial charge in [0.05, 0.1) is 18.2 Å². The molecule has 1 amide bonds. The molecule has 8 heteroatoms. The van der Waals surface area contributed by atoms with E-state index in [0.717, 1.165) is 0 Å². The number of esters is 1. The van der Waals surface area contributed by atoms with E-state index in [1.165, 1.54) is 0 Å². The van der Waals surface area contributed by atoms with Gasteiger partial charge in [-0.3, -0.25) is 9.59 Å². The van der Waals surface area contributed by atoms with Crippen LogP contribution < -0.4 is 10.6 Å². The van der Waals surface area contributed by atoms with Gasteiger partial charge in [-0.25, -0.2) is 0 Å². The summed E-state index contributed by atoms with van der Waals surface area (Å²) < 4.78 is 5.26. The van der Waals surface area contributed by atoms with Crippen LogP contribution in [-0.2, 0) is 14.3 Å². The molecule has 2 bridgehead atoms. The lowest BCUT2D eigenvalue weighted by atomic mass is 9.63. The number of carbonyl (C=O) groups excluding carboxylic acids is 2. The summed E-state index contributed by atoms with van der Waals surface area (Å²) in [4.78, 5) is 25.6. The summed E-state index contributed by atoms with van der Waals surface area (Å²) in [7, 11) is 0. The van der Waals surface area contributed by atoms with Crippen LogP contribution in [0.4, 0.5) is 0 Å². The van der Waals surface area contributed by atoms with E-state index in [0.29, 0.717) is 10.6 Å². The van der Waals surface area contributed by atoms with Gasteiger partial charge in [0.2, 0.25) is 5.91 Å². The van der Waals surface area contributed by atoms with Crippen LogP contribution in [-0.4, -0.2) is 24.1 Å². The van der Waals surface area contributed by atoms with Crippen LogP contribution in [0.3, 0.4) is 0 Å². The van der Waals surface area contributed by atoms with E-state index in [1.807, 2.05) is 12.1 Å². The average molecular weight is 385 g/mol. The van der Waals surface area contributed by atoms with Gasteiger partial charge >= 0.3 is 5.97 Å². The Hall–Kier alpha value is -3.03. The fourth-order valence-corrected chi connectivity index (χ4v) is 4.25. The Bertz CT molecular complexity index is 914. The summed E-state index contributed by atoms with van der Waals surface area (Å²) >= 11 is 6.38. The molecule has 0 aromatic heterocycles. The maximum atomic E-state index is 12.8. The highest BCUT2D eigenvalue weighted by atomic mass is 35.5. The molecular weight excluding hydrogens is 368 g/mol. The lowest BCUT2D eigenvalue weighted by Gasteiger charge is -2.55. The monoisotopic (exact) mass is 384 g/mol. The SMILES string of the molecule is CCOC(=O)[C@H]1[C@@H](c2ccccc2Cl)[C@H]2C(=O)N[C@@]1(C)NC2=C(C#N)C#N. The second-order valence-electron chi connectivity index (χ2n) is 6.58. The summed E-state index contributed by atoms with van der Waals surface area (Å²) in [6.07, 6.45) is 0. The number of amides is 1. The van der Waals surface area contributed by atoms with Crippen LogP contribution >= 0.6 is 11.6 Å². The first-order valence-electron chi connectivity index (χ1n) is 8.43. The van der Waals surface area contributed by atoms with Gasteiger partial charge in [0.1, 0.15) is 29.3 Å². The van der Waals surface area contributed by atoms with E-state index in [-0.39, 0.29) is 23.8 Å². The maximum Gasteiger partial charge on any atom is 0.313 e. The van der Waals surface area contributed by atoms with E-state index in [4.69, 9.17) is 16.3 Å². The molecule has 3 heterocycles. The summed E-state index contributed by atoms with van der Waals surface area (Å²) in [6, 6.07) is 10.6. The lowest BCUT2D eigenvalue weighted by Crippen LogP contribution is -2.75. The number of allylic oxidation sites excluding steroid dienone is 1. The molecule has 3 aliphatic rings. The molecule has 1 aromatic rings. The van der Waals surface area contributed by atoms with Crippen LogP contribution in [0, 0.1) is 34.5 Å². The molecule has 3 fully saturated rings. The number of fused-ring (bicyclic) bond motifs is 3. The Morgan fingerprint density at radius 3 is 2.56 bits per heavy atom. The Labute approximate surface area is 161 Å². The van der Waals surface area contributed by atoms with E-state index in [1.54, 1.807) is 38.1 Å². The van der Waals surface area contributed by atoms with Crippen LogP contribution in [0.5, 0.6) is 0 Å². The summed E-state index contributed by atoms with van der Waals surface area (Å²) in [6.45, 7) is 3.52. The number of hydrogen-bond acceptors (Lipinski definition) is 6. The van der Waals surface area contributed by atoms with E-state index in [9.17, 15) is 20.1 Å². The highest BCUT2D eigenvalue weighted by Crippen LogP contribution is 2.50. The molecule has 27 heavy (non-hydrogen) atoms. The highest BCUT2D eigenvalue weighted by Gasteiger charge is 2.61. The van der Waals surface area contributed by atoms with Crippen molar-refractivity contribution in [2.24, 2.45) is 11.8 Å².